The number of carbonyl (C=O) groups is 4. The Morgan fingerprint density at radius 3 is 2.57 bits per heavy atom. The number of rotatable bonds is 4. The van der Waals surface area contributed by atoms with Crippen molar-refractivity contribution >= 4 is 23.4 Å². The smallest absolute Gasteiger partial charge is 0.255 e. The average Bonchev–Trinajstić information content (AvgIpc) is 3.06. The Balaban J connectivity index is 1.55. The quantitative estimate of drug-likeness (QED) is 0.789. The minimum Gasteiger partial charge on any atom is -0.345 e. The van der Waals surface area contributed by atoms with Gasteiger partial charge in [0.2, 0.25) is 0 Å². The number of nitrogens with zero attached hydrogens (tertiary/aromatic N) is 1. The molecule has 7 heteroatoms. The van der Waals surface area contributed by atoms with Crippen LogP contribution in [0.1, 0.15) is 64.1 Å². The largest absolute Gasteiger partial charge is 0.345 e. The Labute approximate surface area is 173 Å². The van der Waals surface area contributed by atoms with Crippen LogP contribution >= 0.6 is 0 Å². The van der Waals surface area contributed by atoms with Crippen LogP contribution in [0, 0.1) is 5.82 Å². The van der Waals surface area contributed by atoms with E-state index in [1.54, 1.807) is 6.92 Å². The number of nitrogens with one attached hydrogen (secondary N) is 1. The molecule has 2 aliphatic rings. The predicted octanol–water partition coefficient (Wildman–Crippen LogP) is 2.96. The fourth-order valence-corrected chi connectivity index (χ4v) is 4.09. The Morgan fingerprint density at radius 1 is 1.13 bits per heavy atom. The zero-order chi connectivity index (χ0) is 21.4. The molecule has 1 heterocycles. The second kappa shape index (κ2) is 7.82. The van der Waals surface area contributed by atoms with Gasteiger partial charge in [-0.3, -0.25) is 19.2 Å². The van der Waals surface area contributed by atoms with Crippen LogP contribution in [0.25, 0.3) is 0 Å². The van der Waals surface area contributed by atoms with E-state index in [0.29, 0.717) is 0 Å². The molecule has 6 nitrogen and oxygen atoms in total. The van der Waals surface area contributed by atoms with E-state index in [-0.39, 0.29) is 60.1 Å². The van der Waals surface area contributed by atoms with Crippen molar-refractivity contribution in [1.29, 1.82) is 0 Å². The van der Waals surface area contributed by atoms with Gasteiger partial charge in [0.1, 0.15) is 11.6 Å². The van der Waals surface area contributed by atoms with Crippen LogP contribution in [0.3, 0.4) is 0 Å². The number of carbonyl (C=O) groups excluding carboxylic acids is 4. The van der Waals surface area contributed by atoms with Crippen molar-refractivity contribution in [1.82, 2.24) is 10.2 Å². The summed E-state index contributed by atoms with van der Waals surface area (Å²) >= 11 is 0. The monoisotopic (exact) mass is 408 g/mol. The maximum absolute atomic E-state index is 15.2. The summed E-state index contributed by atoms with van der Waals surface area (Å²) in [4.78, 5) is 50.4. The highest BCUT2D eigenvalue weighted by Crippen LogP contribution is 2.32. The Hall–Kier alpha value is -3.35. The van der Waals surface area contributed by atoms with Crippen molar-refractivity contribution in [3.63, 3.8) is 0 Å². The molecular formula is C23H21FN2O4. The fraction of sp³-hybridized carbons (Fsp3) is 0.304. The summed E-state index contributed by atoms with van der Waals surface area (Å²) < 4.78 is 15.2. The molecule has 2 amide bonds. The molecule has 0 aromatic heterocycles. The average molecular weight is 408 g/mol. The highest BCUT2D eigenvalue weighted by molar-refractivity contribution is 6.08. The zero-order valence-corrected chi connectivity index (χ0v) is 16.5. The molecule has 2 atom stereocenters. The van der Waals surface area contributed by atoms with Crippen molar-refractivity contribution in [3.05, 3.63) is 70.5 Å². The molecule has 1 aliphatic carbocycles. The maximum atomic E-state index is 15.2. The first-order valence-corrected chi connectivity index (χ1v) is 9.89. The van der Waals surface area contributed by atoms with Crippen LogP contribution in [-0.4, -0.2) is 34.3 Å². The lowest BCUT2D eigenvalue weighted by molar-refractivity contribution is -0.133. The summed E-state index contributed by atoms with van der Waals surface area (Å²) in [5.41, 5.74) is 1.02. The lowest BCUT2D eigenvalue weighted by Crippen LogP contribution is -2.44. The third-order valence-electron chi connectivity index (χ3n) is 5.77. The molecule has 1 unspecified atom stereocenters. The first-order chi connectivity index (χ1) is 14.4. The molecule has 0 spiro atoms. The number of Topliss-reactive ketones (excluding diaryl/α,β-unsaturated/α-hetero) is 2. The van der Waals surface area contributed by atoms with E-state index in [9.17, 15) is 19.2 Å². The minimum atomic E-state index is -0.750. The molecule has 0 bridgehead atoms. The molecule has 1 fully saturated rings. The highest BCUT2D eigenvalue weighted by atomic mass is 19.1. The van der Waals surface area contributed by atoms with Gasteiger partial charge in [0, 0.05) is 17.5 Å². The molecule has 0 radical (unpaired) electrons. The Bertz CT molecular complexity index is 1050. The number of hydrogen-bond donors (Lipinski definition) is 1. The highest BCUT2D eigenvalue weighted by Gasteiger charge is 2.40. The first kappa shape index (κ1) is 19.9. The molecule has 1 aliphatic heterocycles. The van der Waals surface area contributed by atoms with Crippen LogP contribution in [0.4, 0.5) is 4.39 Å². The molecule has 2 aromatic rings. The molecule has 1 N–H and O–H groups in total. The summed E-state index contributed by atoms with van der Waals surface area (Å²) in [5, 5.41) is 2.77. The van der Waals surface area contributed by atoms with Gasteiger partial charge in [-0.2, -0.15) is 0 Å². The summed E-state index contributed by atoms with van der Waals surface area (Å²) in [5.74, 6) is -2.22. The van der Waals surface area contributed by atoms with E-state index >= 15 is 4.39 Å². The van der Waals surface area contributed by atoms with Gasteiger partial charge in [-0.25, -0.2) is 4.39 Å². The van der Waals surface area contributed by atoms with Gasteiger partial charge in [0.05, 0.1) is 30.6 Å². The molecule has 4 rings (SSSR count). The summed E-state index contributed by atoms with van der Waals surface area (Å²) in [6.45, 7) is 1.72. The van der Waals surface area contributed by atoms with E-state index in [0.717, 1.165) is 5.56 Å². The first-order valence-electron chi connectivity index (χ1n) is 9.89. The van der Waals surface area contributed by atoms with Crippen molar-refractivity contribution in [3.8, 4) is 0 Å². The minimum absolute atomic E-state index is 0.0834. The molecule has 154 valence electrons. The lowest BCUT2D eigenvalue weighted by atomic mass is 9.92. The van der Waals surface area contributed by atoms with Gasteiger partial charge < -0.3 is 10.2 Å². The van der Waals surface area contributed by atoms with Gasteiger partial charge in [0.15, 0.2) is 5.78 Å². The number of hydrogen-bond acceptors (Lipinski definition) is 4. The van der Waals surface area contributed by atoms with E-state index in [2.05, 4.69) is 5.32 Å². The lowest BCUT2D eigenvalue weighted by Gasteiger charge is -2.29. The molecule has 0 saturated heterocycles. The van der Waals surface area contributed by atoms with Gasteiger partial charge in [0.25, 0.3) is 11.8 Å². The van der Waals surface area contributed by atoms with Crippen LogP contribution in [0.5, 0.6) is 0 Å². The Kier molecular flexibility index (Phi) is 5.20. The van der Waals surface area contributed by atoms with E-state index in [4.69, 9.17) is 0 Å². The second-order valence-corrected chi connectivity index (χ2v) is 7.73. The van der Waals surface area contributed by atoms with Crippen LogP contribution in [0.2, 0.25) is 0 Å². The van der Waals surface area contributed by atoms with E-state index in [1.807, 2.05) is 30.3 Å². The number of fused-ring (bicyclic) bond motifs is 1. The molecular weight excluding hydrogens is 387 g/mol. The van der Waals surface area contributed by atoms with E-state index in [1.165, 1.54) is 17.0 Å². The van der Waals surface area contributed by atoms with Crippen molar-refractivity contribution < 1.29 is 23.6 Å². The fourth-order valence-electron chi connectivity index (χ4n) is 4.09. The number of amides is 2. The van der Waals surface area contributed by atoms with Crippen LogP contribution < -0.4 is 5.32 Å². The van der Waals surface area contributed by atoms with Crippen LogP contribution in [-0.2, 0) is 16.1 Å². The SMILES string of the molecule is C[C@H](NC(=O)c1ccc2c(c1F)CN(C1CCC(=O)CC1=O)C2=O)c1ccccc1. The van der Waals surface area contributed by atoms with Gasteiger partial charge in [-0.05, 0) is 31.0 Å². The summed E-state index contributed by atoms with van der Waals surface area (Å²) in [6.07, 6.45) is 0.281. The van der Waals surface area contributed by atoms with Gasteiger partial charge in [-0.15, -0.1) is 0 Å². The number of benzene rings is 2. The standard InChI is InChI=1S/C23H21FN2O4/c1-13(14-5-3-2-4-6-14)25-22(29)17-9-8-16-18(21(17)24)12-26(23(16)30)19-10-7-15(27)11-20(19)28/h2-6,8-9,13,19H,7,10-12H2,1H3,(H,25,29)/t13-,19?/m0/s1. The third kappa shape index (κ3) is 3.51. The van der Waals surface area contributed by atoms with Gasteiger partial charge in [-0.1, -0.05) is 30.3 Å². The molecule has 2 aromatic carbocycles. The maximum Gasteiger partial charge on any atom is 0.255 e. The van der Waals surface area contributed by atoms with Crippen molar-refractivity contribution in [2.45, 2.75) is 44.8 Å². The predicted molar refractivity (Wildman–Crippen MR) is 106 cm³/mol. The Morgan fingerprint density at radius 2 is 1.87 bits per heavy atom. The number of ketones is 2. The summed E-state index contributed by atoms with van der Waals surface area (Å²) in [7, 11) is 0. The van der Waals surface area contributed by atoms with Crippen molar-refractivity contribution in [2.24, 2.45) is 0 Å². The van der Waals surface area contributed by atoms with Crippen molar-refractivity contribution in [2.75, 3.05) is 0 Å². The molecule has 1 saturated carbocycles. The molecule has 30 heavy (non-hydrogen) atoms. The topological polar surface area (TPSA) is 83.6 Å². The summed E-state index contributed by atoms with van der Waals surface area (Å²) in [6, 6.07) is 11.0. The second-order valence-electron chi connectivity index (χ2n) is 7.73. The van der Waals surface area contributed by atoms with Gasteiger partial charge >= 0.3 is 0 Å². The van der Waals surface area contributed by atoms with E-state index < -0.39 is 23.7 Å². The third-order valence-corrected chi connectivity index (χ3v) is 5.77. The normalized spacial score (nSPS) is 19.6. The zero-order valence-electron chi connectivity index (χ0n) is 16.5. The number of halogens is 1. The van der Waals surface area contributed by atoms with Crippen LogP contribution in [0.15, 0.2) is 42.5 Å².